The number of nitrogens with two attached hydrogens (primary N) is 1. The Bertz CT molecular complexity index is 501. The molecule has 1 aliphatic rings. The maximum absolute atomic E-state index is 11.9. The average Bonchev–Trinajstić information content (AvgIpc) is 3.16. The van der Waals surface area contributed by atoms with Crippen LogP contribution in [0.5, 0.6) is 0 Å². The number of nitrogens with one attached hydrogen (secondary N) is 2. The van der Waals surface area contributed by atoms with Gasteiger partial charge in [0.1, 0.15) is 0 Å². The van der Waals surface area contributed by atoms with Crippen LogP contribution in [0.25, 0.3) is 0 Å². The second kappa shape index (κ2) is 5.93. The van der Waals surface area contributed by atoms with Crippen LogP contribution in [-0.4, -0.2) is 24.4 Å². The third-order valence-electron chi connectivity index (χ3n) is 2.82. The quantitative estimate of drug-likeness (QED) is 0.712. The number of amides is 2. The van der Waals surface area contributed by atoms with Gasteiger partial charge in [0, 0.05) is 24.7 Å². The van der Waals surface area contributed by atoms with Crippen molar-refractivity contribution >= 4 is 29.1 Å². The molecular weight excluding hydrogens is 266 g/mol. The molecule has 5 nitrogen and oxygen atoms in total. The van der Waals surface area contributed by atoms with Gasteiger partial charge >= 0.3 is 0 Å². The van der Waals surface area contributed by atoms with Crippen molar-refractivity contribution in [2.24, 2.45) is 0 Å². The highest BCUT2D eigenvalue weighted by Crippen LogP contribution is 2.19. The Balaban J connectivity index is 1.80. The van der Waals surface area contributed by atoms with Crippen LogP contribution < -0.4 is 16.4 Å². The summed E-state index contributed by atoms with van der Waals surface area (Å²) in [6.07, 6.45) is 2.37. The molecule has 0 saturated heterocycles. The van der Waals surface area contributed by atoms with Gasteiger partial charge in [-0.25, -0.2) is 0 Å². The number of rotatable bonds is 5. The molecular formula is C13H16ClN3O2. The van der Waals surface area contributed by atoms with Crippen LogP contribution >= 0.6 is 11.6 Å². The topological polar surface area (TPSA) is 84.2 Å². The second-order valence-corrected chi connectivity index (χ2v) is 4.99. The highest BCUT2D eigenvalue weighted by Gasteiger charge is 2.22. The molecule has 0 spiro atoms. The standard InChI is InChI=1S/C13H16ClN3O2/c14-11-4-1-8(15)7-10(11)13(19)16-6-5-12(18)17-9-2-3-9/h1,4,7,9H,2-3,5-6,15H2,(H,16,19)(H,17,18). The normalized spacial score (nSPS) is 13.9. The van der Waals surface area contributed by atoms with Crippen LogP contribution in [0.15, 0.2) is 18.2 Å². The average molecular weight is 282 g/mol. The molecule has 102 valence electrons. The molecule has 0 atom stereocenters. The zero-order chi connectivity index (χ0) is 13.8. The summed E-state index contributed by atoms with van der Waals surface area (Å²) >= 11 is 5.91. The summed E-state index contributed by atoms with van der Waals surface area (Å²) < 4.78 is 0. The minimum atomic E-state index is -0.323. The van der Waals surface area contributed by atoms with Gasteiger partial charge in [-0.05, 0) is 31.0 Å². The summed E-state index contributed by atoms with van der Waals surface area (Å²) in [5.74, 6) is -0.363. The van der Waals surface area contributed by atoms with E-state index in [1.165, 1.54) is 6.07 Å². The Hall–Kier alpha value is -1.75. The Morgan fingerprint density at radius 2 is 2.11 bits per heavy atom. The van der Waals surface area contributed by atoms with Crippen molar-refractivity contribution in [3.63, 3.8) is 0 Å². The summed E-state index contributed by atoms with van der Waals surface area (Å²) in [4.78, 5) is 23.3. The molecule has 2 rings (SSSR count). The minimum Gasteiger partial charge on any atom is -0.399 e. The number of carbonyl (C=O) groups excluding carboxylic acids is 2. The van der Waals surface area contributed by atoms with E-state index < -0.39 is 0 Å². The third kappa shape index (κ3) is 4.13. The van der Waals surface area contributed by atoms with Gasteiger partial charge in [0.25, 0.3) is 5.91 Å². The van der Waals surface area contributed by atoms with Gasteiger partial charge in [-0.2, -0.15) is 0 Å². The Morgan fingerprint density at radius 3 is 2.79 bits per heavy atom. The number of anilines is 1. The largest absolute Gasteiger partial charge is 0.399 e. The first-order valence-corrected chi connectivity index (χ1v) is 6.56. The molecule has 6 heteroatoms. The van der Waals surface area contributed by atoms with Crippen LogP contribution in [0, 0.1) is 0 Å². The van der Waals surface area contributed by atoms with Gasteiger partial charge in [0.05, 0.1) is 10.6 Å². The van der Waals surface area contributed by atoms with E-state index in [0.29, 0.717) is 22.3 Å². The third-order valence-corrected chi connectivity index (χ3v) is 3.14. The zero-order valence-electron chi connectivity index (χ0n) is 10.4. The van der Waals surface area contributed by atoms with Gasteiger partial charge in [-0.1, -0.05) is 11.6 Å². The molecule has 1 aliphatic carbocycles. The van der Waals surface area contributed by atoms with Crippen LogP contribution in [0.4, 0.5) is 5.69 Å². The molecule has 19 heavy (non-hydrogen) atoms. The molecule has 1 fully saturated rings. The number of benzene rings is 1. The molecule has 0 radical (unpaired) electrons. The van der Waals surface area contributed by atoms with Crippen molar-refractivity contribution in [3.8, 4) is 0 Å². The number of hydrogen-bond acceptors (Lipinski definition) is 3. The molecule has 1 saturated carbocycles. The van der Waals surface area contributed by atoms with E-state index in [1.54, 1.807) is 12.1 Å². The minimum absolute atomic E-state index is 0.0403. The van der Waals surface area contributed by atoms with E-state index >= 15 is 0 Å². The van der Waals surface area contributed by atoms with Gasteiger partial charge in [0.15, 0.2) is 0 Å². The number of carbonyl (C=O) groups is 2. The van der Waals surface area contributed by atoms with E-state index in [2.05, 4.69) is 10.6 Å². The van der Waals surface area contributed by atoms with E-state index in [0.717, 1.165) is 12.8 Å². The van der Waals surface area contributed by atoms with Gasteiger partial charge < -0.3 is 16.4 Å². The molecule has 0 aliphatic heterocycles. The Morgan fingerprint density at radius 1 is 1.37 bits per heavy atom. The fourth-order valence-electron chi connectivity index (χ4n) is 1.63. The molecule has 4 N–H and O–H groups in total. The van der Waals surface area contributed by atoms with Gasteiger partial charge in [0.2, 0.25) is 5.91 Å². The molecule has 0 heterocycles. The van der Waals surface area contributed by atoms with Crippen LogP contribution in [0.1, 0.15) is 29.6 Å². The molecule has 0 aromatic heterocycles. The maximum Gasteiger partial charge on any atom is 0.252 e. The highest BCUT2D eigenvalue weighted by molar-refractivity contribution is 6.34. The van der Waals surface area contributed by atoms with E-state index in [4.69, 9.17) is 17.3 Å². The predicted molar refractivity (Wildman–Crippen MR) is 74.0 cm³/mol. The van der Waals surface area contributed by atoms with Crippen LogP contribution in [0.2, 0.25) is 5.02 Å². The lowest BCUT2D eigenvalue weighted by Gasteiger charge is -2.07. The fourth-order valence-corrected chi connectivity index (χ4v) is 1.83. The number of nitrogen functional groups attached to an aromatic ring is 1. The predicted octanol–water partition coefficient (Wildman–Crippen LogP) is 1.32. The SMILES string of the molecule is Nc1ccc(Cl)c(C(=O)NCCC(=O)NC2CC2)c1. The monoisotopic (exact) mass is 281 g/mol. The summed E-state index contributed by atoms with van der Waals surface area (Å²) in [5, 5.41) is 5.85. The lowest BCUT2D eigenvalue weighted by atomic mass is 10.2. The van der Waals surface area contributed by atoms with E-state index in [9.17, 15) is 9.59 Å². The van der Waals surface area contributed by atoms with Crippen molar-refractivity contribution < 1.29 is 9.59 Å². The van der Waals surface area contributed by atoms with Crippen molar-refractivity contribution in [1.29, 1.82) is 0 Å². The smallest absolute Gasteiger partial charge is 0.252 e. The van der Waals surface area contributed by atoms with Gasteiger partial charge in [-0.15, -0.1) is 0 Å². The second-order valence-electron chi connectivity index (χ2n) is 4.59. The van der Waals surface area contributed by atoms with Crippen molar-refractivity contribution in [3.05, 3.63) is 28.8 Å². The summed E-state index contributed by atoms with van der Waals surface area (Å²) in [6.45, 7) is 0.280. The first-order chi connectivity index (χ1) is 9.06. The van der Waals surface area contributed by atoms with E-state index in [-0.39, 0.29) is 24.8 Å². The lowest BCUT2D eigenvalue weighted by Crippen LogP contribution is -2.31. The van der Waals surface area contributed by atoms with Crippen molar-refractivity contribution in [2.45, 2.75) is 25.3 Å². The Kier molecular flexibility index (Phi) is 4.27. The Labute approximate surface area is 116 Å². The van der Waals surface area contributed by atoms with E-state index in [1.807, 2.05) is 0 Å². The van der Waals surface area contributed by atoms with Crippen LogP contribution in [0.3, 0.4) is 0 Å². The van der Waals surface area contributed by atoms with Crippen molar-refractivity contribution in [2.75, 3.05) is 12.3 Å². The first-order valence-electron chi connectivity index (χ1n) is 6.19. The first kappa shape index (κ1) is 13.7. The van der Waals surface area contributed by atoms with Crippen molar-refractivity contribution in [1.82, 2.24) is 10.6 Å². The molecule has 0 unspecified atom stereocenters. The number of halogens is 1. The highest BCUT2D eigenvalue weighted by atomic mass is 35.5. The zero-order valence-corrected chi connectivity index (χ0v) is 11.2. The fraction of sp³-hybridized carbons (Fsp3) is 0.385. The van der Waals surface area contributed by atoms with Crippen LogP contribution in [-0.2, 0) is 4.79 Å². The summed E-state index contributed by atoms with van der Waals surface area (Å²) in [6, 6.07) is 5.06. The van der Waals surface area contributed by atoms with Gasteiger partial charge in [-0.3, -0.25) is 9.59 Å². The molecule has 1 aromatic rings. The number of hydrogen-bond donors (Lipinski definition) is 3. The molecule has 2 amide bonds. The maximum atomic E-state index is 11.9. The summed E-state index contributed by atoms with van der Waals surface area (Å²) in [7, 11) is 0. The molecule has 1 aromatic carbocycles. The summed E-state index contributed by atoms with van der Waals surface area (Å²) in [5.41, 5.74) is 6.40. The lowest BCUT2D eigenvalue weighted by molar-refractivity contribution is -0.121. The molecule has 0 bridgehead atoms.